The van der Waals surface area contributed by atoms with Gasteiger partial charge in [-0.05, 0) is 126 Å². The van der Waals surface area contributed by atoms with Crippen LogP contribution >= 0.6 is 0 Å². The van der Waals surface area contributed by atoms with E-state index in [0.717, 1.165) is 46.2 Å². The number of nitrogens with two attached hydrogens (primary N) is 2. The molecular formula is C43H26F6N4O6S. The molecule has 4 N–H and O–H groups in total. The molecule has 2 aliphatic rings. The minimum atomic E-state index is -4.77. The van der Waals surface area contributed by atoms with E-state index >= 15 is 0 Å². The number of carbonyl (C=O) groups is 4. The zero-order chi connectivity index (χ0) is 43.2. The number of amides is 4. The molecule has 0 radical (unpaired) electrons. The standard InChI is InChI=1S/C43H26F6N4O6S/c1-21-16-28(10-15-37(21)53-39(55)32-12-3-23(18-34(32)41(53)57)30-14-5-25(51)20-36(30)43(47,48)49)60(58,59)27-8-6-26(7-9-27)52-38(54)31-11-2-22(17-33(31)40(52)56)29-13-4-24(50)19-35(29)42(44,45)46/h2-20H,50-51H2,1H3. The smallest absolute Gasteiger partial charge is 0.399 e. The fourth-order valence-corrected chi connectivity index (χ4v) is 8.67. The molecule has 0 saturated heterocycles. The number of nitrogens with zero attached hydrogens (tertiary/aromatic N) is 2. The highest BCUT2D eigenvalue weighted by Crippen LogP contribution is 2.42. The van der Waals surface area contributed by atoms with Crippen LogP contribution in [0.3, 0.4) is 0 Å². The Balaban J connectivity index is 1.04. The van der Waals surface area contributed by atoms with Crippen LogP contribution in [0.2, 0.25) is 0 Å². The molecule has 60 heavy (non-hydrogen) atoms. The molecule has 10 nitrogen and oxygen atoms in total. The lowest BCUT2D eigenvalue weighted by Crippen LogP contribution is -2.30. The molecule has 4 amide bonds. The predicted octanol–water partition coefficient (Wildman–Crippen LogP) is 8.97. The third kappa shape index (κ3) is 6.43. The van der Waals surface area contributed by atoms with E-state index in [-0.39, 0.29) is 82.6 Å². The van der Waals surface area contributed by atoms with E-state index in [1.807, 2.05) is 0 Å². The third-order valence-electron chi connectivity index (χ3n) is 10.2. The molecule has 6 aromatic rings. The van der Waals surface area contributed by atoms with Crippen molar-refractivity contribution < 1.29 is 53.9 Å². The summed E-state index contributed by atoms with van der Waals surface area (Å²) in [5.74, 6) is -3.23. The number of alkyl halides is 6. The van der Waals surface area contributed by atoms with Crippen LogP contribution in [0.5, 0.6) is 0 Å². The van der Waals surface area contributed by atoms with Gasteiger partial charge in [-0.25, -0.2) is 18.2 Å². The Labute approximate surface area is 336 Å². The van der Waals surface area contributed by atoms with Crippen LogP contribution < -0.4 is 21.3 Å². The fraction of sp³-hybridized carbons (Fsp3) is 0.0698. The normalized spacial score (nSPS) is 14.2. The summed E-state index contributed by atoms with van der Waals surface area (Å²) in [6.45, 7) is 1.46. The molecule has 2 heterocycles. The molecule has 8 rings (SSSR count). The number of hydrogen-bond acceptors (Lipinski definition) is 8. The second-order valence-corrected chi connectivity index (χ2v) is 15.9. The molecule has 0 aliphatic carbocycles. The predicted molar refractivity (Wildman–Crippen MR) is 208 cm³/mol. The Kier molecular flexibility index (Phi) is 9.00. The minimum Gasteiger partial charge on any atom is -0.399 e. The van der Waals surface area contributed by atoms with Gasteiger partial charge in [-0.3, -0.25) is 19.2 Å². The van der Waals surface area contributed by atoms with Gasteiger partial charge in [-0.2, -0.15) is 26.3 Å². The average Bonchev–Trinajstić information content (AvgIpc) is 3.59. The molecule has 0 fully saturated rings. The first-order valence-corrected chi connectivity index (χ1v) is 19.1. The first kappa shape index (κ1) is 39.6. The summed E-state index contributed by atoms with van der Waals surface area (Å²) in [6, 6.07) is 22.2. The van der Waals surface area contributed by atoms with Crippen molar-refractivity contribution in [3.05, 3.63) is 154 Å². The van der Waals surface area contributed by atoms with E-state index < -0.39 is 56.9 Å². The minimum absolute atomic E-state index is 0.0151. The van der Waals surface area contributed by atoms with Crippen LogP contribution in [-0.2, 0) is 22.2 Å². The first-order chi connectivity index (χ1) is 28.2. The average molecular weight is 841 g/mol. The first-order valence-electron chi connectivity index (χ1n) is 17.6. The molecular weight excluding hydrogens is 815 g/mol. The van der Waals surface area contributed by atoms with Gasteiger partial charge in [0.1, 0.15) is 0 Å². The van der Waals surface area contributed by atoms with Crippen molar-refractivity contribution in [3.8, 4) is 22.3 Å². The molecule has 0 bridgehead atoms. The molecule has 2 aliphatic heterocycles. The second kappa shape index (κ2) is 13.7. The van der Waals surface area contributed by atoms with Gasteiger partial charge in [0, 0.05) is 11.4 Å². The van der Waals surface area contributed by atoms with Crippen LogP contribution in [-0.4, -0.2) is 32.0 Å². The summed E-state index contributed by atoms with van der Waals surface area (Å²) in [5, 5.41) is 0. The number of anilines is 4. The van der Waals surface area contributed by atoms with Gasteiger partial charge in [-0.15, -0.1) is 0 Å². The van der Waals surface area contributed by atoms with Crippen LogP contribution in [0, 0.1) is 6.92 Å². The van der Waals surface area contributed by atoms with Gasteiger partial charge in [0.05, 0.1) is 54.5 Å². The summed E-state index contributed by atoms with van der Waals surface area (Å²) in [7, 11) is -4.29. The molecule has 302 valence electrons. The van der Waals surface area contributed by atoms with Crippen molar-refractivity contribution in [1.29, 1.82) is 0 Å². The summed E-state index contributed by atoms with van der Waals surface area (Å²) in [5.41, 5.74) is 8.14. The molecule has 6 aromatic carbocycles. The van der Waals surface area contributed by atoms with E-state index in [4.69, 9.17) is 11.5 Å². The van der Waals surface area contributed by atoms with E-state index in [0.29, 0.717) is 0 Å². The maximum atomic E-state index is 13.9. The van der Waals surface area contributed by atoms with Crippen molar-refractivity contribution in [2.45, 2.75) is 29.1 Å². The lowest BCUT2D eigenvalue weighted by molar-refractivity contribution is -0.137. The molecule has 0 aromatic heterocycles. The summed E-state index contributed by atoms with van der Waals surface area (Å²) >= 11 is 0. The lowest BCUT2D eigenvalue weighted by Gasteiger charge is -2.18. The summed E-state index contributed by atoms with van der Waals surface area (Å²) in [6.07, 6.45) is -9.53. The SMILES string of the molecule is Cc1cc(S(=O)(=O)c2ccc(N3C(=O)c4ccc(-c5ccc(N)cc5C(F)(F)F)cc4C3=O)cc2)ccc1N1C(=O)c2ccc(-c3ccc(N)cc3C(F)(F)F)cc2C1=O. The Morgan fingerprint density at radius 1 is 0.467 bits per heavy atom. The highest BCUT2D eigenvalue weighted by Gasteiger charge is 2.41. The largest absolute Gasteiger partial charge is 0.417 e. The topological polar surface area (TPSA) is 161 Å². The highest BCUT2D eigenvalue weighted by atomic mass is 32.2. The van der Waals surface area contributed by atoms with Crippen molar-refractivity contribution >= 4 is 56.2 Å². The number of benzene rings is 6. The number of halogens is 6. The molecule has 0 unspecified atom stereocenters. The van der Waals surface area contributed by atoms with Gasteiger partial charge in [0.2, 0.25) is 9.84 Å². The fourth-order valence-electron chi connectivity index (χ4n) is 7.32. The Hall–Kier alpha value is -7.27. The summed E-state index contributed by atoms with van der Waals surface area (Å²) in [4.78, 5) is 55.1. The number of aryl methyl sites for hydroxylation is 1. The highest BCUT2D eigenvalue weighted by molar-refractivity contribution is 7.91. The number of carbonyl (C=O) groups excluding carboxylic acids is 4. The molecule has 0 spiro atoms. The number of nitrogen functional groups attached to an aromatic ring is 2. The van der Waals surface area contributed by atoms with Gasteiger partial charge >= 0.3 is 12.4 Å². The van der Waals surface area contributed by atoms with E-state index in [1.54, 1.807) is 0 Å². The number of fused-ring (bicyclic) bond motifs is 2. The van der Waals surface area contributed by atoms with Crippen molar-refractivity contribution in [1.82, 2.24) is 0 Å². The summed E-state index contributed by atoms with van der Waals surface area (Å²) < 4.78 is 111. The Bertz CT molecular complexity index is 3000. The maximum Gasteiger partial charge on any atom is 0.417 e. The Morgan fingerprint density at radius 3 is 1.35 bits per heavy atom. The number of sulfone groups is 1. The lowest BCUT2D eigenvalue weighted by atomic mass is 9.95. The van der Waals surface area contributed by atoms with Crippen LogP contribution in [0.1, 0.15) is 58.1 Å². The number of hydrogen-bond donors (Lipinski definition) is 2. The number of rotatable bonds is 6. The monoisotopic (exact) mass is 840 g/mol. The van der Waals surface area contributed by atoms with E-state index in [2.05, 4.69) is 0 Å². The van der Waals surface area contributed by atoms with Crippen LogP contribution in [0.15, 0.2) is 125 Å². The molecule has 17 heteroatoms. The molecule has 0 atom stereocenters. The number of imide groups is 2. The van der Waals surface area contributed by atoms with Gasteiger partial charge in [0.25, 0.3) is 23.6 Å². The van der Waals surface area contributed by atoms with Gasteiger partial charge in [-0.1, -0.05) is 24.3 Å². The van der Waals surface area contributed by atoms with Gasteiger partial charge < -0.3 is 11.5 Å². The zero-order valence-corrected chi connectivity index (χ0v) is 31.5. The van der Waals surface area contributed by atoms with Crippen molar-refractivity contribution in [2.75, 3.05) is 21.3 Å². The Morgan fingerprint density at radius 2 is 0.883 bits per heavy atom. The zero-order valence-electron chi connectivity index (χ0n) is 30.6. The third-order valence-corrected chi connectivity index (χ3v) is 12.0. The van der Waals surface area contributed by atoms with Crippen molar-refractivity contribution in [3.63, 3.8) is 0 Å². The van der Waals surface area contributed by atoms with E-state index in [1.165, 1.54) is 85.8 Å². The van der Waals surface area contributed by atoms with Crippen molar-refractivity contribution in [2.24, 2.45) is 0 Å². The maximum absolute atomic E-state index is 13.9. The van der Waals surface area contributed by atoms with Crippen LogP contribution in [0.25, 0.3) is 22.3 Å². The van der Waals surface area contributed by atoms with Crippen LogP contribution in [0.4, 0.5) is 49.1 Å². The second-order valence-electron chi connectivity index (χ2n) is 14.0. The molecule has 0 saturated carbocycles. The van der Waals surface area contributed by atoms with E-state index in [9.17, 15) is 53.9 Å². The van der Waals surface area contributed by atoms with Gasteiger partial charge in [0.15, 0.2) is 0 Å². The quantitative estimate of drug-likeness (QED) is 0.0955.